The fraction of sp³-hybridized carbons (Fsp3) is 0.185. The number of rotatable bonds is 3. The number of fused-ring (bicyclic) bond motifs is 3. The molecule has 0 aliphatic carbocycles. The number of nitrogens with zero attached hydrogens (tertiary/aromatic N) is 2. The number of hydrogen-bond acceptors (Lipinski definition) is 2. The van der Waals surface area contributed by atoms with Crippen LogP contribution < -0.4 is 4.57 Å². The molecule has 3 heterocycles. The summed E-state index contributed by atoms with van der Waals surface area (Å²) in [5.74, 6) is 0.541. The van der Waals surface area contributed by atoms with E-state index in [1.165, 1.54) is 22.3 Å². The van der Waals surface area contributed by atoms with Gasteiger partial charge in [-0.05, 0) is 47.7 Å². The first kappa shape index (κ1) is 18.6. The van der Waals surface area contributed by atoms with E-state index in [4.69, 9.17) is 4.42 Å². The maximum absolute atomic E-state index is 6.20. The Balaban J connectivity index is 1.64. The summed E-state index contributed by atoms with van der Waals surface area (Å²) in [6.45, 7) is 6.58. The topological polar surface area (TPSA) is 29.9 Å². The lowest BCUT2D eigenvalue weighted by atomic mass is 9.98. The zero-order chi connectivity index (χ0) is 20.8. The van der Waals surface area contributed by atoms with E-state index in [1.807, 2.05) is 6.07 Å². The van der Waals surface area contributed by atoms with Gasteiger partial charge in [0.2, 0.25) is 11.4 Å². The minimum atomic E-state index is 0.541. The third-order valence-electron chi connectivity index (χ3n) is 5.93. The zero-order valence-corrected chi connectivity index (χ0v) is 17.8. The first-order chi connectivity index (χ1) is 14.5. The summed E-state index contributed by atoms with van der Waals surface area (Å²) in [6, 6.07) is 21.6. The molecule has 0 bridgehead atoms. The van der Waals surface area contributed by atoms with E-state index >= 15 is 0 Å². The lowest BCUT2D eigenvalue weighted by Gasteiger charge is -2.09. The normalized spacial score (nSPS) is 11.6. The summed E-state index contributed by atoms with van der Waals surface area (Å²) in [7, 11) is 2.10. The molecule has 3 aromatic heterocycles. The first-order valence-electron chi connectivity index (χ1n) is 10.4. The highest BCUT2D eigenvalue weighted by Gasteiger charge is 2.21. The molecule has 3 nitrogen and oxygen atoms in total. The van der Waals surface area contributed by atoms with Crippen molar-refractivity contribution >= 4 is 22.1 Å². The van der Waals surface area contributed by atoms with Crippen LogP contribution in [0.5, 0.6) is 0 Å². The molecule has 0 saturated carbocycles. The molecule has 30 heavy (non-hydrogen) atoms. The average Bonchev–Trinajstić information content (AvgIpc) is 3.13. The quantitative estimate of drug-likeness (QED) is 0.324. The van der Waals surface area contributed by atoms with Crippen molar-refractivity contribution in [1.82, 2.24) is 4.98 Å². The lowest BCUT2D eigenvalue weighted by Crippen LogP contribution is -2.31. The second-order valence-electron chi connectivity index (χ2n) is 8.28. The van der Waals surface area contributed by atoms with Gasteiger partial charge in [0.1, 0.15) is 7.05 Å². The van der Waals surface area contributed by atoms with Crippen LogP contribution >= 0.6 is 0 Å². The Morgan fingerprint density at radius 2 is 1.63 bits per heavy atom. The monoisotopic (exact) mass is 393 g/mol. The van der Waals surface area contributed by atoms with Crippen molar-refractivity contribution in [3.05, 3.63) is 84.2 Å². The number of pyridine rings is 2. The number of benzene rings is 2. The fourth-order valence-corrected chi connectivity index (χ4v) is 4.19. The maximum atomic E-state index is 6.20. The third kappa shape index (κ3) is 2.98. The Hall–Kier alpha value is -3.46. The van der Waals surface area contributed by atoms with Crippen LogP contribution in [0.4, 0.5) is 0 Å². The molecule has 0 spiro atoms. The zero-order valence-electron chi connectivity index (χ0n) is 17.8. The molecule has 5 rings (SSSR count). The number of aryl methyl sites for hydroxylation is 2. The van der Waals surface area contributed by atoms with Crippen LogP contribution in [-0.4, -0.2) is 4.98 Å². The highest BCUT2D eigenvalue weighted by atomic mass is 16.3. The SMILES string of the molecule is Cc1ccc2c(oc3ncccc32)c1-c1ccc(-c2ccc(C(C)C)cc2)c[n+]1C. The molecule has 0 amide bonds. The predicted octanol–water partition coefficient (Wildman–Crippen LogP) is 6.57. The lowest BCUT2D eigenvalue weighted by molar-refractivity contribution is -0.659. The van der Waals surface area contributed by atoms with Gasteiger partial charge in [-0.15, -0.1) is 0 Å². The third-order valence-corrected chi connectivity index (χ3v) is 5.93. The van der Waals surface area contributed by atoms with Crippen LogP contribution in [0.3, 0.4) is 0 Å². The van der Waals surface area contributed by atoms with Gasteiger partial charge in [0.15, 0.2) is 11.8 Å². The van der Waals surface area contributed by atoms with E-state index in [0.29, 0.717) is 11.6 Å². The van der Waals surface area contributed by atoms with Crippen LogP contribution in [0.25, 0.3) is 44.5 Å². The summed E-state index contributed by atoms with van der Waals surface area (Å²) in [5, 5.41) is 2.16. The van der Waals surface area contributed by atoms with Crippen molar-refractivity contribution in [2.45, 2.75) is 26.7 Å². The van der Waals surface area contributed by atoms with Gasteiger partial charge in [-0.3, -0.25) is 0 Å². The minimum absolute atomic E-state index is 0.541. The summed E-state index contributed by atoms with van der Waals surface area (Å²) in [6.07, 6.45) is 3.97. The highest BCUT2D eigenvalue weighted by Crippen LogP contribution is 2.36. The molecule has 0 atom stereocenters. The van der Waals surface area contributed by atoms with E-state index in [-0.39, 0.29) is 0 Å². The van der Waals surface area contributed by atoms with Crippen molar-refractivity contribution in [1.29, 1.82) is 0 Å². The molecule has 0 saturated heterocycles. The Bertz CT molecular complexity index is 1380. The molecule has 0 aliphatic rings. The van der Waals surface area contributed by atoms with Crippen LogP contribution in [0.2, 0.25) is 0 Å². The smallest absolute Gasteiger partial charge is 0.227 e. The largest absolute Gasteiger partial charge is 0.437 e. The molecule has 0 radical (unpaired) electrons. The van der Waals surface area contributed by atoms with Crippen molar-refractivity contribution in [2.24, 2.45) is 7.05 Å². The van der Waals surface area contributed by atoms with Gasteiger partial charge < -0.3 is 4.42 Å². The summed E-state index contributed by atoms with van der Waals surface area (Å²) >= 11 is 0. The van der Waals surface area contributed by atoms with E-state index in [2.05, 4.69) is 98.2 Å². The summed E-state index contributed by atoms with van der Waals surface area (Å²) in [4.78, 5) is 4.40. The van der Waals surface area contributed by atoms with Gasteiger partial charge in [-0.25, -0.2) is 9.55 Å². The van der Waals surface area contributed by atoms with Crippen LogP contribution in [0.1, 0.15) is 30.9 Å². The number of hydrogen-bond donors (Lipinski definition) is 0. The van der Waals surface area contributed by atoms with Gasteiger partial charge in [0.05, 0.1) is 5.56 Å². The predicted molar refractivity (Wildman–Crippen MR) is 122 cm³/mol. The number of aromatic nitrogens is 2. The summed E-state index contributed by atoms with van der Waals surface area (Å²) in [5.41, 5.74) is 8.80. The highest BCUT2D eigenvalue weighted by molar-refractivity contribution is 6.08. The van der Waals surface area contributed by atoms with E-state index in [0.717, 1.165) is 27.6 Å². The van der Waals surface area contributed by atoms with Crippen molar-refractivity contribution in [3.63, 3.8) is 0 Å². The molecule has 0 N–H and O–H groups in total. The van der Waals surface area contributed by atoms with Gasteiger partial charge in [-0.1, -0.05) is 50.2 Å². The average molecular weight is 394 g/mol. The Morgan fingerprint density at radius 3 is 2.37 bits per heavy atom. The molecule has 3 heteroatoms. The van der Waals surface area contributed by atoms with Crippen LogP contribution in [0.15, 0.2) is 77.5 Å². The number of furan rings is 1. The molecular formula is C27H25N2O+. The second-order valence-corrected chi connectivity index (χ2v) is 8.28. The van der Waals surface area contributed by atoms with Crippen molar-refractivity contribution in [3.8, 4) is 22.4 Å². The summed E-state index contributed by atoms with van der Waals surface area (Å²) < 4.78 is 8.39. The van der Waals surface area contributed by atoms with Crippen LogP contribution in [-0.2, 0) is 7.05 Å². The molecule has 0 fully saturated rings. The Kier molecular flexibility index (Phi) is 4.39. The van der Waals surface area contributed by atoms with Gasteiger partial charge >= 0.3 is 0 Å². The molecular weight excluding hydrogens is 368 g/mol. The van der Waals surface area contributed by atoms with Crippen molar-refractivity contribution < 1.29 is 8.98 Å². The molecule has 148 valence electrons. The Labute approximate surface area is 176 Å². The molecule has 0 aliphatic heterocycles. The molecule has 5 aromatic rings. The molecule has 0 unspecified atom stereocenters. The van der Waals surface area contributed by atoms with Crippen molar-refractivity contribution in [2.75, 3.05) is 0 Å². The van der Waals surface area contributed by atoms with E-state index < -0.39 is 0 Å². The standard InChI is InChI=1S/C27H25N2O/c1-17(2)19-8-10-20(11-9-19)21-12-14-24(29(4)16-21)25-18(3)7-13-22-23-6-5-15-28-27(23)30-26(22)25/h5-17H,1-4H3/q+1. The van der Waals surface area contributed by atoms with Gasteiger partial charge in [0, 0.05) is 28.6 Å². The van der Waals surface area contributed by atoms with E-state index in [9.17, 15) is 0 Å². The fourth-order valence-electron chi connectivity index (χ4n) is 4.19. The van der Waals surface area contributed by atoms with Crippen LogP contribution in [0, 0.1) is 6.92 Å². The minimum Gasteiger partial charge on any atom is -0.437 e. The first-order valence-corrected chi connectivity index (χ1v) is 10.4. The second kappa shape index (κ2) is 7.10. The molecule has 2 aromatic carbocycles. The Morgan fingerprint density at radius 1 is 0.867 bits per heavy atom. The van der Waals surface area contributed by atoms with Gasteiger partial charge in [0.25, 0.3) is 0 Å². The van der Waals surface area contributed by atoms with Gasteiger partial charge in [-0.2, -0.15) is 0 Å². The van der Waals surface area contributed by atoms with E-state index in [1.54, 1.807) is 6.20 Å². The maximum Gasteiger partial charge on any atom is 0.227 e.